The van der Waals surface area contributed by atoms with Crippen LogP contribution in [0.25, 0.3) is 16.7 Å². The Kier molecular flexibility index (Phi) is 4.93. The van der Waals surface area contributed by atoms with E-state index in [0.29, 0.717) is 17.1 Å². The molecule has 0 bridgehead atoms. The Morgan fingerprint density at radius 3 is 2.67 bits per heavy atom. The number of aromatic hydroxyl groups is 1. The number of fused-ring (bicyclic) bond motifs is 1. The van der Waals surface area contributed by atoms with Gasteiger partial charge in [0.1, 0.15) is 17.1 Å². The molecule has 0 fully saturated rings. The summed E-state index contributed by atoms with van der Waals surface area (Å²) in [6.07, 6.45) is 1.52. The Bertz CT molecular complexity index is 1330. The van der Waals surface area contributed by atoms with Crippen LogP contribution in [0.3, 0.4) is 0 Å². The summed E-state index contributed by atoms with van der Waals surface area (Å²) in [5.41, 5.74) is 1.14. The minimum Gasteiger partial charge on any atom is -0.506 e. The maximum absolute atomic E-state index is 13.4. The highest BCUT2D eigenvalue weighted by Gasteiger charge is 2.24. The van der Waals surface area contributed by atoms with Gasteiger partial charge in [0.25, 0.3) is 11.5 Å². The minimum atomic E-state index is -0.703. The number of ether oxygens (including phenoxy) is 1. The first-order chi connectivity index (χ1) is 14.5. The predicted molar refractivity (Wildman–Crippen MR) is 115 cm³/mol. The van der Waals surface area contributed by atoms with E-state index in [2.05, 4.69) is 10.3 Å². The molecule has 4 aromatic rings. The van der Waals surface area contributed by atoms with E-state index in [1.807, 2.05) is 13.0 Å². The van der Waals surface area contributed by atoms with Crippen molar-refractivity contribution < 1.29 is 14.6 Å². The summed E-state index contributed by atoms with van der Waals surface area (Å²) in [6, 6.07) is 17.3. The van der Waals surface area contributed by atoms with E-state index < -0.39 is 17.2 Å². The van der Waals surface area contributed by atoms with Gasteiger partial charge in [-0.3, -0.25) is 14.2 Å². The van der Waals surface area contributed by atoms with Gasteiger partial charge in [0, 0.05) is 18.0 Å². The molecule has 2 heterocycles. The Labute approximate surface area is 172 Å². The minimum absolute atomic E-state index is 0.236. The third kappa shape index (κ3) is 3.37. The van der Waals surface area contributed by atoms with Crippen molar-refractivity contribution in [2.24, 2.45) is 0 Å². The van der Waals surface area contributed by atoms with Gasteiger partial charge < -0.3 is 15.2 Å². The average Bonchev–Trinajstić information content (AvgIpc) is 2.74. The van der Waals surface area contributed by atoms with Gasteiger partial charge in [-0.05, 0) is 48.9 Å². The lowest BCUT2D eigenvalue weighted by molar-refractivity contribution is 0.102. The summed E-state index contributed by atoms with van der Waals surface area (Å²) in [5, 5.41) is 13.7. The molecule has 7 nitrogen and oxygen atoms in total. The van der Waals surface area contributed by atoms with Crippen LogP contribution in [-0.4, -0.2) is 27.7 Å². The summed E-state index contributed by atoms with van der Waals surface area (Å²) in [6.45, 7) is 1.89. The molecule has 0 atom stereocenters. The van der Waals surface area contributed by atoms with E-state index >= 15 is 0 Å². The number of pyridine rings is 2. The smallest absolute Gasteiger partial charge is 0.273 e. The molecule has 150 valence electrons. The number of carbonyl (C=O) groups is 1. The molecule has 0 saturated carbocycles. The molecule has 0 saturated heterocycles. The number of rotatable bonds is 4. The number of nitrogens with one attached hydrogen (secondary N) is 1. The van der Waals surface area contributed by atoms with E-state index in [0.717, 1.165) is 5.56 Å². The second-order valence-electron chi connectivity index (χ2n) is 6.76. The van der Waals surface area contributed by atoms with Crippen molar-refractivity contribution in [1.82, 2.24) is 9.55 Å². The lowest BCUT2D eigenvalue weighted by Crippen LogP contribution is -2.29. The number of hydrogen-bond donors (Lipinski definition) is 2. The van der Waals surface area contributed by atoms with Crippen LogP contribution in [-0.2, 0) is 0 Å². The predicted octanol–water partition coefficient (Wildman–Crippen LogP) is 3.66. The number of methoxy groups -OCH3 is 1. The molecule has 0 aliphatic carbocycles. The van der Waals surface area contributed by atoms with E-state index in [4.69, 9.17) is 4.74 Å². The Hall–Kier alpha value is -4.13. The zero-order valence-corrected chi connectivity index (χ0v) is 16.4. The van der Waals surface area contributed by atoms with Crippen molar-refractivity contribution in [3.63, 3.8) is 0 Å². The third-order valence-corrected chi connectivity index (χ3v) is 4.72. The van der Waals surface area contributed by atoms with Crippen LogP contribution in [0.2, 0.25) is 0 Å². The highest BCUT2D eigenvalue weighted by Crippen LogP contribution is 2.28. The second-order valence-corrected chi connectivity index (χ2v) is 6.76. The number of carbonyl (C=O) groups excluding carboxylic acids is 1. The van der Waals surface area contributed by atoms with Gasteiger partial charge in [-0.1, -0.05) is 18.2 Å². The topological polar surface area (TPSA) is 93.5 Å². The lowest BCUT2D eigenvalue weighted by Gasteiger charge is -2.15. The van der Waals surface area contributed by atoms with Crippen LogP contribution >= 0.6 is 0 Å². The zero-order chi connectivity index (χ0) is 21.3. The summed E-state index contributed by atoms with van der Waals surface area (Å²) >= 11 is 0. The van der Waals surface area contributed by atoms with Gasteiger partial charge in [-0.2, -0.15) is 0 Å². The Morgan fingerprint density at radius 1 is 1.10 bits per heavy atom. The highest BCUT2D eigenvalue weighted by molar-refractivity contribution is 6.09. The number of aryl methyl sites for hydroxylation is 1. The third-order valence-electron chi connectivity index (χ3n) is 4.72. The lowest BCUT2D eigenvalue weighted by atomic mass is 10.1. The van der Waals surface area contributed by atoms with Crippen LogP contribution in [0.4, 0.5) is 5.69 Å². The largest absolute Gasteiger partial charge is 0.506 e. The summed E-state index contributed by atoms with van der Waals surface area (Å²) in [7, 11) is 1.52. The van der Waals surface area contributed by atoms with Crippen LogP contribution in [0.1, 0.15) is 15.9 Å². The molecule has 30 heavy (non-hydrogen) atoms. The number of aromatic nitrogens is 2. The van der Waals surface area contributed by atoms with E-state index in [1.54, 1.807) is 54.6 Å². The molecule has 7 heteroatoms. The SMILES string of the molecule is COc1cccc(-n2c(=O)c(C(=O)Nc3cccc(C)c3)c(O)c3cccnc32)c1. The fraction of sp³-hybridized carbons (Fsp3) is 0.0870. The Balaban J connectivity index is 1.94. The fourth-order valence-electron chi connectivity index (χ4n) is 3.31. The van der Waals surface area contributed by atoms with Gasteiger partial charge in [0.05, 0.1) is 18.2 Å². The molecule has 0 aliphatic heterocycles. The molecule has 1 amide bonds. The molecule has 0 unspecified atom stereocenters. The van der Waals surface area contributed by atoms with Gasteiger partial charge in [-0.15, -0.1) is 0 Å². The molecule has 2 aromatic heterocycles. The van der Waals surface area contributed by atoms with Crippen molar-refractivity contribution in [3.8, 4) is 17.2 Å². The normalized spacial score (nSPS) is 10.7. The quantitative estimate of drug-likeness (QED) is 0.544. The van der Waals surface area contributed by atoms with Crippen LogP contribution in [0, 0.1) is 6.92 Å². The first-order valence-corrected chi connectivity index (χ1v) is 9.24. The molecular formula is C23H19N3O4. The standard InChI is InChI=1S/C23H19N3O4/c1-14-6-3-7-15(12-14)25-22(28)19-20(27)18-10-5-11-24-21(18)26(23(19)29)16-8-4-9-17(13-16)30-2/h3-13,27H,1-2H3,(H,25,28). The van der Waals surface area contributed by atoms with Crippen LogP contribution in [0.5, 0.6) is 11.5 Å². The Morgan fingerprint density at radius 2 is 1.90 bits per heavy atom. The monoisotopic (exact) mass is 401 g/mol. The van der Waals surface area contributed by atoms with Crippen molar-refractivity contribution in [2.45, 2.75) is 6.92 Å². The van der Waals surface area contributed by atoms with Crippen molar-refractivity contribution in [3.05, 3.63) is 88.3 Å². The van der Waals surface area contributed by atoms with Crippen molar-refractivity contribution in [1.29, 1.82) is 0 Å². The number of anilines is 1. The first kappa shape index (κ1) is 19.2. The van der Waals surface area contributed by atoms with Gasteiger partial charge in [-0.25, -0.2) is 4.98 Å². The van der Waals surface area contributed by atoms with E-state index in [1.165, 1.54) is 17.9 Å². The molecule has 2 N–H and O–H groups in total. The van der Waals surface area contributed by atoms with Crippen LogP contribution in [0.15, 0.2) is 71.7 Å². The molecule has 0 radical (unpaired) electrons. The fourth-order valence-corrected chi connectivity index (χ4v) is 3.31. The first-order valence-electron chi connectivity index (χ1n) is 9.24. The van der Waals surface area contributed by atoms with Gasteiger partial charge in [0.15, 0.2) is 5.65 Å². The van der Waals surface area contributed by atoms with Crippen molar-refractivity contribution in [2.75, 3.05) is 12.4 Å². The zero-order valence-electron chi connectivity index (χ0n) is 16.4. The molecule has 0 aliphatic rings. The maximum atomic E-state index is 13.4. The average molecular weight is 401 g/mol. The van der Waals surface area contributed by atoms with E-state index in [9.17, 15) is 14.7 Å². The number of benzene rings is 2. The molecule has 4 rings (SSSR count). The van der Waals surface area contributed by atoms with E-state index in [-0.39, 0.29) is 16.6 Å². The highest BCUT2D eigenvalue weighted by atomic mass is 16.5. The van der Waals surface area contributed by atoms with Crippen LogP contribution < -0.4 is 15.6 Å². The number of amides is 1. The number of nitrogens with zero attached hydrogens (tertiary/aromatic N) is 2. The summed E-state index contributed by atoms with van der Waals surface area (Å²) < 4.78 is 6.55. The molecular weight excluding hydrogens is 382 g/mol. The molecule has 0 spiro atoms. The summed E-state index contributed by atoms with van der Waals surface area (Å²) in [4.78, 5) is 30.6. The second kappa shape index (κ2) is 7.71. The number of hydrogen-bond acceptors (Lipinski definition) is 5. The molecule has 2 aromatic carbocycles. The van der Waals surface area contributed by atoms with Gasteiger partial charge in [0.2, 0.25) is 0 Å². The maximum Gasteiger partial charge on any atom is 0.273 e. The summed E-state index contributed by atoms with van der Waals surface area (Å²) in [5.74, 6) is -0.569. The van der Waals surface area contributed by atoms with Crippen molar-refractivity contribution >= 4 is 22.6 Å². The van der Waals surface area contributed by atoms with Gasteiger partial charge >= 0.3 is 0 Å².